The van der Waals surface area contributed by atoms with Gasteiger partial charge in [-0.25, -0.2) is 0 Å². The van der Waals surface area contributed by atoms with Crippen molar-refractivity contribution in [3.63, 3.8) is 0 Å². The van der Waals surface area contributed by atoms with Gasteiger partial charge in [0.15, 0.2) is 0 Å². The van der Waals surface area contributed by atoms with Gasteiger partial charge in [-0.2, -0.15) is 0 Å². The van der Waals surface area contributed by atoms with E-state index in [9.17, 15) is 0 Å². The van der Waals surface area contributed by atoms with Crippen LogP contribution in [0.25, 0.3) is 0 Å². The van der Waals surface area contributed by atoms with Crippen LogP contribution in [0.4, 0.5) is 0 Å². The van der Waals surface area contributed by atoms with Crippen LogP contribution in [0.5, 0.6) is 0 Å². The Bertz CT molecular complexity index is 210. The van der Waals surface area contributed by atoms with E-state index in [4.69, 9.17) is 0 Å². The lowest BCUT2D eigenvalue weighted by Crippen LogP contribution is -1.66. The van der Waals surface area contributed by atoms with E-state index in [1.807, 2.05) is 13.0 Å². The van der Waals surface area contributed by atoms with Crippen LogP contribution in [0.2, 0.25) is 0 Å². The van der Waals surface area contributed by atoms with Gasteiger partial charge in [-0.15, -0.1) is 5.73 Å². The van der Waals surface area contributed by atoms with E-state index in [-0.39, 0.29) is 0 Å². The first-order valence-corrected chi connectivity index (χ1v) is 3.93. The number of allylic oxidation sites excluding steroid dienone is 4. The maximum atomic E-state index is 3.65. The molecule has 0 fully saturated rings. The third-order valence-corrected chi connectivity index (χ3v) is 1.36. The highest BCUT2D eigenvalue weighted by atomic mass is 13.8. The summed E-state index contributed by atoms with van der Waals surface area (Å²) in [4.78, 5) is 0. The summed E-state index contributed by atoms with van der Waals surface area (Å²) >= 11 is 0. The van der Waals surface area contributed by atoms with Crippen molar-refractivity contribution in [2.24, 2.45) is 0 Å². The van der Waals surface area contributed by atoms with Crippen LogP contribution >= 0.6 is 0 Å². The molecule has 0 rings (SSSR count). The number of hydrogen-bond acceptors (Lipinski definition) is 0. The largest absolute Gasteiger partial charge is 0.117 e. The van der Waals surface area contributed by atoms with Gasteiger partial charge in [0, 0.05) is 0 Å². The molecule has 0 spiro atoms. The minimum Gasteiger partial charge on any atom is -0.117 e. The van der Waals surface area contributed by atoms with Gasteiger partial charge in [0.05, 0.1) is 0 Å². The molecule has 0 heteroatoms. The zero-order valence-electron chi connectivity index (χ0n) is 7.65. The molecule has 0 heterocycles. The molecule has 11 heavy (non-hydrogen) atoms. The van der Waals surface area contributed by atoms with Crippen LogP contribution in [0.1, 0.15) is 27.2 Å². The molecule has 0 aromatic heterocycles. The van der Waals surface area contributed by atoms with Crippen molar-refractivity contribution < 1.29 is 0 Å². The highest BCUT2D eigenvalue weighted by Crippen LogP contribution is 1.97. The first-order valence-electron chi connectivity index (χ1n) is 3.93. The molecule has 0 aliphatic heterocycles. The van der Waals surface area contributed by atoms with Crippen molar-refractivity contribution >= 4 is 0 Å². The van der Waals surface area contributed by atoms with Crippen LogP contribution in [0.3, 0.4) is 0 Å². The van der Waals surface area contributed by atoms with Gasteiger partial charge in [0.2, 0.25) is 0 Å². The monoisotopic (exact) mass is 148 g/mol. The van der Waals surface area contributed by atoms with Crippen molar-refractivity contribution in [2.75, 3.05) is 0 Å². The summed E-state index contributed by atoms with van der Waals surface area (Å²) in [6, 6.07) is 0. The Kier molecular flexibility index (Phi) is 5.24. The van der Waals surface area contributed by atoms with Gasteiger partial charge in [-0.1, -0.05) is 25.7 Å². The van der Waals surface area contributed by atoms with Crippen molar-refractivity contribution in [3.8, 4) is 0 Å². The lowest BCUT2D eigenvalue weighted by molar-refractivity contribution is 1.20. The van der Waals surface area contributed by atoms with Crippen LogP contribution in [0.15, 0.2) is 41.7 Å². The Hall–Kier alpha value is -1.00. The SMILES string of the molecule is C=CC(C)=C=C/C(C)=C\CC. The van der Waals surface area contributed by atoms with Crippen molar-refractivity contribution in [1.82, 2.24) is 0 Å². The minimum absolute atomic E-state index is 1.08. The third-order valence-electron chi connectivity index (χ3n) is 1.36. The second kappa shape index (κ2) is 5.76. The third kappa shape index (κ3) is 5.44. The van der Waals surface area contributed by atoms with Gasteiger partial charge in [0.1, 0.15) is 0 Å². The molecule has 0 amide bonds. The van der Waals surface area contributed by atoms with Gasteiger partial charge in [-0.3, -0.25) is 0 Å². The summed E-state index contributed by atoms with van der Waals surface area (Å²) in [6.07, 6.45) is 7.04. The second-order valence-electron chi connectivity index (χ2n) is 2.53. The smallest absolute Gasteiger partial charge is 0.00972 e. The number of hydrogen-bond donors (Lipinski definition) is 0. The quantitative estimate of drug-likeness (QED) is 0.423. The average Bonchev–Trinajstić information content (AvgIpc) is 2.01. The first kappa shape index (κ1) is 10.0. The van der Waals surface area contributed by atoms with Crippen LogP contribution in [-0.4, -0.2) is 0 Å². The van der Waals surface area contributed by atoms with E-state index in [1.165, 1.54) is 5.57 Å². The summed E-state index contributed by atoms with van der Waals surface area (Å²) < 4.78 is 0. The molecule has 0 N–H and O–H groups in total. The van der Waals surface area contributed by atoms with Crippen molar-refractivity contribution in [3.05, 3.63) is 41.7 Å². The Morgan fingerprint density at radius 3 is 2.55 bits per heavy atom. The van der Waals surface area contributed by atoms with Crippen LogP contribution < -0.4 is 0 Å². The Morgan fingerprint density at radius 2 is 2.09 bits per heavy atom. The first-order chi connectivity index (χ1) is 5.20. The maximum absolute atomic E-state index is 3.65. The second-order valence-corrected chi connectivity index (χ2v) is 2.53. The van der Waals surface area contributed by atoms with E-state index < -0.39 is 0 Å². The summed E-state index contributed by atoms with van der Waals surface area (Å²) in [7, 11) is 0. The number of rotatable bonds is 3. The predicted octanol–water partition coefficient (Wildman–Crippen LogP) is 3.63. The standard InChI is InChI=1S/C11H16/c1-5-7-11(4)9-8-10(3)6-2/h6-7,9H,2,5H2,1,3-4H3/b11-7-. The molecule has 0 aromatic rings. The van der Waals surface area contributed by atoms with Gasteiger partial charge >= 0.3 is 0 Å². The van der Waals surface area contributed by atoms with Gasteiger partial charge in [0.25, 0.3) is 0 Å². The summed E-state index contributed by atoms with van der Waals surface area (Å²) in [5.74, 6) is 0. The van der Waals surface area contributed by atoms with E-state index in [2.05, 4.69) is 32.2 Å². The summed E-state index contributed by atoms with van der Waals surface area (Å²) in [5.41, 5.74) is 5.46. The molecule has 0 unspecified atom stereocenters. The van der Waals surface area contributed by atoms with Crippen molar-refractivity contribution in [1.29, 1.82) is 0 Å². The lowest BCUT2D eigenvalue weighted by atomic mass is 10.2. The Labute approximate surface area is 69.6 Å². The highest BCUT2D eigenvalue weighted by molar-refractivity contribution is 5.20. The van der Waals surface area contributed by atoms with Crippen molar-refractivity contribution in [2.45, 2.75) is 27.2 Å². The van der Waals surface area contributed by atoms with Gasteiger partial charge < -0.3 is 0 Å². The zero-order valence-corrected chi connectivity index (χ0v) is 7.65. The average molecular weight is 148 g/mol. The molecule has 0 saturated carbocycles. The summed E-state index contributed by atoms with van der Waals surface area (Å²) in [6.45, 7) is 9.84. The molecular weight excluding hydrogens is 132 g/mol. The molecule has 60 valence electrons. The molecule has 0 saturated heterocycles. The fourth-order valence-electron chi connectivity index (χ4n) is 0.667. The predicted molar refractivity (Wildman–Crippen MR) is 51.5 cm³/mol. The topological polar surface area (TPSA) is 0 Å². The molecule has 0 aliphatic carbocycles. The zero-order chi connectivity index (χ0) is 8.69. The van der Waals surface area contributed by atoms with E-state index in [0.29, 0.717) is 0 Å². The lowest BCUT2D eigenvalue weighted by Gasteiger charge is -1.86. The fraction of sp³-hybridized carbons (Fsp3) is 0.364. The molecule has 0 bridgehead atoms. The Balaban J connectivity index is 4.34. The molecule has 0 aromatic carbocycles. The molecule has 0 atom stereocenters. The van der Waals surface area contributed by atoms with Gasteiger partial charge in [-0.05, 0) is 37.5 Å². The van der Waals surface area contributed by atoms with E-state index in [0.717, 1.165) is 12.0 Å². The Morgan fingerprint density at radius 1 is 1.45 bits per heavy atom. The minimum atomic E-state index is 1.08. The van der Waals surface area contributed by atoms with E-state index >= 15 is 0 Å². The molecule has 0 nitrogen and oxygen atoms in total. The maximum Gasteiger partial charge on any atom is -0.00972 e. The molecule has 0 aliphatic rings. The van der Waals surface area contributed by atoms with Crippen LogP contribution in [0, 0.1) is 0 Å². The normalized spacial score (nSPS) is 10.3. The molecule has 0 radical (unpaired) electrons. The van der Waals surface area contributed by atoms with E-state index in [1.54, 1.807) is 6.08 Å². The highest BCUT2D eigenvalue weighted by Gasteiger charge is 1.77. The fourth-order valence-corrected chi connectivity index (χ4v) is 0.667. The van der Waals surface area contributed by atoms with Crippen LogP contribution in [-0.2, 0) is 0 Å². The summed E-state index contributed by atoms with van der Waals surface area (Å²) in [5, 5.41) is 0. The molecular formula is C11H16.